The predicted octanol–water partition coefficient (Wildman–Crippen LogP) is 5.34. The van der Waals surface area contributed by atoms with Crippen LogP contribution in [0.2, 0.25) is 0 Å². The van der Waals surface area contributed by atoms with Crippen LogP contribution in [0.5, 0.6) is 5.75 Å². The number of thioether (sulfide) groups is 1. The van der Waals surface area contributed by atoms with Crippen LogP contribution in [0.25, 0.3) is 0 Å². The zero-order valence-corrected chi connectivity index (χ0v) is 16.9. The van der Waals surface area contributed by atoms with E-state index < -0.39 is 6.61 Å². The predicted molar refractivity (Wildman–Crippen MR) is 106 cm³/mol. The second kappa shape index (κ2) is 9.41. The fraction of sp³-hybridized carbons (Fsp3) is 0.500. The summed E-state index contributed by atoms with van der Waals surface area (Å²) in [6.07, 6.45) is 6.07. The van der Waals surface area contributed by atoms with E-state index in [9.17, 15) is 13.6 Å². The number of benzene rings is 1. The molecule has 1 aliphatic carbocycles. The first-order valence-electron chi connectivity index (χ1n) is 9.47. The molecule has 0 atom stereocenters. The van der Waals surface area contributed by atoms with Gasteiger partial charge in [-0.1, -0.05) is 31.0 Å². The lowest BCUT2D eigenvalue weighted by atomic mass is 9.95. The van der Waals surface area contributed by atoms with Crippen LogP contribution in [-0.2, 0) is 4.79 Å². The molecular weight excluding hydrogens is 384 g/mol. The molecule has 0 aliphatic heterocycles. The number of hydrogen-bond acceptors (Lipinski definition) is 4. The van der Waals surface area contributed by atoms with Gasteiger partial charge in [0.05, 0.1) is 11.4 Å². The third-order valence-corrected chi connectivity index (χ3v) is 5.94. The van der Waals surface area contributed by atoms with Gasteiger partial charge in [0.15, 0.2) is 5.16 Å². The third-order valence-electron chi connectivity index (χ3n) is 4.99. The molecule has 1 amide bonds. The molecule has 8 heteroatoms. The van der Waals surface area contributed by atoms with Gasteiger partial charge in [-0.15, -0.1) is 0 Å². The lowest BCUT2D eigenvalue weighted by molar-refractivity contribution is -0.113. The monoisotopic (exact) mass is 409 g/mol. The summed E-state index contributed by atoms with van der Waals surface area (Å²) in [5.41, 5.74) is 2.71. The minimum absolute atomic E-state index is 0.0582. The maximum atomic E-state index is 12.3. The van der Waals surface area contributed by atoms with Crippen molar-refractivity contribution in [2.75, 3.05) is 11.1 Å². The summed E-state index contributed by atoms with van der Waals surface area (Å²) in [4.78, 5) is 17.0. The molecule has 0 unspecified atom stereocenters. The topological polar surface area (TPSA) is 56.1 Å². The van der Waals surface area contributed by atoms with Gasteiger partial charge in [0, 0.05) is 17.4 Å². The second-order valence-electron chi connectivity index (χ2n) is 6.97. The van der Waals surface area contributed by atoms with Crippen molar-refractivity contribution in [3.05, 3.63) is 35.7 Å². The molecule has 1 heterocycles. The maximum absolute atomic E-state index is 12.3. The lowest BCUT2D eigenvalue weighted by Gasteiger charge is -2.26. The SMILES string of the molecule is Cc1nc(SCC(=O)Nc2ccc(OC(F)F)cc2)n(C2CCCCC2)c1C. The number of amides is 1. The molecule has 0 radical (unpaired) electrons. The number of nitrogens with one attached hydrogen (secondary N) is 1. The first-order chi connectivity index (χ1) is 13.4. The van der Waals surface area contributed by atoms with Gasteiger partial charge in [0.1, 0.15) is 5.75 Å². The van der Waals surface area contributed by atoms with E-state index in [-0.39, 0.29) is 17.4 Å². The number of halogens is 2. The number of carbonyl (C=O) groups excluding carboxylic acids is 1. The van der Waals surface area contributed by atoms with Gasteiger partial charge >= 0.3 is 6.61 Å². The Bertz CT molecular complexity index is 803. The molecule has 1 aromatic carbocycles. The van der Waals surface area contributed by atoms with Crippen LogP contribution >= 0.6 is 11.8 Å². The molecule has 1 fully saturated rings. The highest BCUT2D eigenvalue weighted by Gasteiger charge is 2.22. The number of ether oxygens (including phenoxy) is 1. The largest absolute Gasteiger partial charge is 0.435 e. The Morgan fingerprint density at radius 3 is 2.57 bits per heavy atom. The number of hydrogen-bond donors (Lipinski definition) is 1. The van der Waals surface area contributed by atoms with Gasteiger partial charge in [-0.3, -0.25) is 4.79 Å². The second-order valence-corrected chi connectivity index (χ2v) is 7.91. The number of nitrogens with zero attached hydrogens (tertiary/aromatic N) is 2. The molecule has 152 valence electrons. The van der Waals surface area contributed by atoms with Crippen LogP contribution in [0.1, 0.15) is 49.5 Å². The highest BCUT2D eigenvalue weighted by molar-refractivity contribution is 7.99. The Balaban J connectivity index is 1.59. The van der Waals surface area contributed by atoms with Gasteiger partial charge in [0.2, 0.25) is 5.91 Å². The fourth-order valence-corrected chi connectivity index (χ4v) is 4.47. The Morgan fingerprint density at radius 1 is 1.25 bits per heavy atom. The molecule has 28 heavy (non-hydrogen) atoms. The minimum Gasteiger partial charge on any atom is -0.435 e. The van der Waals surface area contributed by atoms with Crippen molar-refractivity contribution in [1.82, 2.24) is 9.55 Å². The average molecular weight is 410 g/mol. The summed E-state index contributed by atoms with van der Waals surface area (Å²) in [6, 6.07) is 6.34. The average Bonchev–Trinajstić information content (AvgIpc) is 2.96. The molecule has 2 aromatic rings. The summed E-state index contributed by atoms with van der Waals surface area (Å²) >= 11 is 1.43. The van der Waals surface area contributed by atoms with Crippen molar-refractivity contribution in [1.29, 1.82) is 0 Å². The summed E-state index contributed by atoms with van der Waals surface area (Å²) in [7, 11) is 0. The highest BCUT2D eigenvalue weighted by Crippen LogP contribution is 2.34. The van der Waals surface area contributed by atoms with Crippen molar-refractivity contribution in [3.8, 4) is 5.75 Å². The van der Waals surface area contributed by atoms with Crippen LogP contribution in [0.15, 0.2) is 29.4 Å². The number of anilines is 1. The molecule has 1 aromatic heterocycles. The quantitative estimate of drug-likeness (QED) is 0.628. The molecule has 0 bridgehead atoms. The van der Waals surface area contributed by atoms with E-state index >= 15 is 0 Å². The number of imidazole rings is 1. The molecule has 1 N–H and O–H groups in total. The van der Waals surface area contributed by atoms with Crippen LogP contribution in [0.4, 0.5) is 14.5 Å². The van der Waals surface area contributed by atoms with Crippen LogP contribution in [-0.4, -0.2) is 27.8 Å². The lowest BCUT2D eigenvalue weighted by Crippen LogP contribution is -2.17. The van der Waals surface area contributed by atoms with Gasteiger partial charge in [-0.25, -0.2) is 4.98 Å². The van der Waals surface area contributed by atoms with E-state index in [1.807, 2.05) is 6.92 Å². The van der Waals surface area contributed by atoms with E-state index in [1.165, 1.54) is 61.0 Å². The first-order valence-corrected chi connectivity index (χ1v) is 10.5. The maximum Gasteiger partial charge on any atom is 0.387 e. The van der Waals surface area contributed by atoms with Gasteiger partial charge < -0.3 is 14.6 Å². The molecule has 3 rings (SSSR count). The first kappa shape index (κ1) is 20.6. The fourth-order valence-electron chi connectivity index (χ4n) is 3.51. The van der Waals surface area contributed by atoms with E-state index in [0.717, 1.165) is 23.7 Å². The molecule has 1 saturated carbocycles. The standard InChI is InChI=1S/C20H25F2N3O2S/c1-13-14(2)25(16-6-4-3-5-7-16)20(23-13)28-12-18(26)24-15-8-10-17(11-9-15)27-19(21)22/h8-11,16,19H,3-7,12H2,1-2H3,(H,24,26). The molecular formula is C20H25F2N3O2S. The molecule has 1 aliphatic rings. The summed E-state index contributed by atoms with van der Waals surface area (Å²) < 4.78 is 31.0. The summed E-state index contributed by atoms with van der Waals surface area (Å²) in [6.45, 7) is 1.22. The molecule has 0 spiro atoms. The number of rotatable bonds is 7. The number of aryl methyl sites for hydroxylation is 1. The Labute approximate surface area is 167 Å². The smallest absolute Gasteiger partial charge is 0.387 e. The van der Waals surface area contributed by atoms with E-state index in [1.54, 1.807) is 0 Å². The van der Waals surface area contributed by atoms with Crippen LogP contribution in [0, 0.1) is 13.8 Å². The van der Waals surface area contributed by atoms with Crippen molar-refractivity contribution in [2.24, 2.45) is 0 Å². The van der Waals surface area contributed by atoms with Crippen LogP contribution in [0.3, 0.4) is 0 Å². The van der Waals surface area contributed by atoms with E-state index in [0.29, 0.717) is 11.7 Å². The summed E-state index contributed by atoms with van der Waals surface area (Å²) in [5, 5.41) is 3.66. The Kier molecular flexibility index (Phi) is 6.93. The van der Waals surface area contributed by atoms with Crippen molar-refractivity contribution in [3.63, 3.8) is 0 Å². The van der Waals surface area contributed by atoms with Gasteiger partial charge in [-0.2, -0.15) is 8.78 Å². The number of carbonyl (C=O) groups is 1. The van der Waals surface area contributed by atoms with Crippen molar-refractivity contribution in [2.45, 2.75) is 63.8 Å². The van der Waals surface area contributed by atoms with Crippen molar-refractivity contribution >= 4 is 23.4 Å². The zero-order valence-electron chi connectivity index (χ0n) is 16.1. The van der Waals surface area contributed by atoms with Gasteiger partial charge in [-0.05, 0) is 51.0 Å². The van der Waals surface area contributed by atoms with Gasteiger partial charge in [0.25, 0.3) is 0 Å². The van der Waals surface area contributed by atoms with E-state index in [2.05, 4.69) is 26.5 Å². The summed E-state index contributed by atoms with van der Waals surface area (Å²) in [5.74, 6) is 0.126. The molecule has 0 saturated heterocycles. The zero-order chi connectivity index (χ0) is 20.1. The normalized spacial score (nSPS) is 15.0. The number of aromatic nitrogens is 2. The van der Waals surface area contributed by atoms with Crippen molar-refractivity contribution < 1.29 is 18.3 Å². The van der Waals surface area contributed by atoms with E-state index in [4.69, 9.17) is 0 Å². The van der Waals surface area contributed by atoms with Crippen LogP contribution < -0.4 is 10.1 Å². The Hall–Kier alpha value is -2.09. The molecule has 5 nitrogen and oxygen atoms in total. The highest BCUT2D eigenvalue weighted by atomic mass is 32.2. The minimum atomic E-state index is -2.86. The third kappa shape index (κ3) is 5.25. The number of alkyl halides is 2. The Morgan fingerprint density at radius 2 is 1.93 bits per heavy atom.